The molecule has 3 N–H and O–H groups in total. The minimum Gasteiger partial charge on any atom is -0.504 e. The van der Waals surface area contributed by atoms with E-state index in [4.69, 9.17) is 10.7 Å². The summed E-state index contributed by atoms with van der Waals surface area (Å²) in [6.07, 6.45) is 1.69. The molecule has 0 atom stereocenters. The van der Waals surface area contributed by atoms with Crippen molar-refractivity contribution < 1.29 is 14.7 Å². The maximum Gasteiger partial charge on any atom is 0.299 e. The molecule has 0 bridgehead atoms. The highest BCUT2D eigenvalue weighted by molar-refractivity contribution is 7.98. The lowest BCUT2D eigenvalue weighted by molar-refractivity contribution is -0.118. The quantitative estimate of drug-likeness (QED) is 0.340. The van der Waals surface area contributed by atoms with Gasteiger partial charge in [0.05, 0.1) is 11.4 Å². The van der Waals surface area contributed by atoms with Crippen molar-refractivity contribution in [3.63, 3.8) is 0 Å². The number of hydrogen-bond acceptors (Lipinski definition) is 10. The molecule has 13 nitrogen and oxygen atoms in total. The molecule has 2 amide bonds. The number of thioether (sulfide) groups is 1. The summed E-state index contributed by atoms with van der Waals surface area (Å²) < 4.78 is 2.91. The molecule has 2 aliphatic heterocycles. The topological polar surface area (TPSA) is 165 Å². The van der Waals surface area contributed by atoms with Crippen LogP contribution in [0.2, 0.25) is 0 Å². The number of fused-ring (bicyclic) bond motifs is 2. The van der Waals surface area contributed by atoms with E-state index in [1.165, 1.54) is 22.0 Å². The van der Waals surface area contributed by atoms with Crippen LogP contribution in [0.4, 0.5) is 5.69 Å². The number of carbonyl (C=O) groups excluding carboxylic acids is 2. The summed E-state index contributed by atoms with van der Waals surface area (Å²) in [6, 6.07) is 6.08. The van der Waals surface area contributed by atoms with Crippen LogP contribution in [-0.4, -0.2) is 77.1 Å². The zero-order valence-electron chi connectivity index (χ0n) is 22.7. The molecule has 212 valence electrons. The van der Waals surface area contributed by atoms with Gasteiger partial charge in [-0.3, -0.25) is 14.4 Å². The van der Waals surface area contributed by atoms with Crippen molar-refractivity contribution >= 4 is 35.0 Å². The minimum atomic E-state index is -0.564. The van der Waals surface area contributed by atoms with Gasteiger partial charge in [-0.2, -0.15) is 21.3 Å². The predicted octanol–water partition coefficient (Wildman–Crippen LogP) is 1.12. The molecule has 1 fully saturated rings. The molecule has 0 unspecified atom stereocenters. The Labute approximate surface area is 239 Å². The van der Waals surface area contributed by atoms with Gasteiger partial charge in [-0.15, -0.1) is 5.10 Å². The lowest BCUT2D eigenvalue weighted by atomic mass is 10.1. The smallest absolute Gasteiger partial charge is 0.299 e. The highest BCUT2D eigenvalue weighted by Gasteiger charge is 2.30. The molecule has 0 saturated carbocycles. The molecule has 2 aliphatic rings. The lowest BCUT2D eigenvalue weighted by Gasteiger charge is -2.36. The van der Waals surface area contributed by atoms with Crippen molar-refractivity contribution in [3.05, 3.63) is 63.1 Å². The predicted molar refractivity (Wildman–Crippen MR) is 153 cm³/mol. The molecule has 1 aromatic carbocycles. The summed E-state index contributed by atoms with van der Waals surface area (Å²) in [6.45, 7) is 4.65. The SMILES string of the molecule is CCc1c(N2CCN(C(=O)c3ncnc(C)c3O)CC2)c(=O)n2nc(-c3ccc4c(c3)CSC4)nc2n1CC(N)=O. The van der Waals surface area contributed by atoms with Crippen molar-refractivity contribution in [1.82, 2.24) is 34.0 Å². The minimum absolute atomic E-state index is 0.0503. The van der Waals surface area contributed by atoms with Gasteiger partial charge in [0.2, 0.25) is 11.7 Å². The number of anilines is 1. The van der Waals surface area contributed by atoms with E-state index < -0.39 is 11.8 Å². The van der Waals surface area contributed by atoms with E-state index in [-0.39, 0.29) is 29.3 Å². The van der Waals surface area contributed by atoms with Gasteiger partial charge in [-0.25, -0.2) is 9.97 Å². The summed E-state index contributed by atoms with van der Waals surface area (Å²) in [4.78, 5) is 55.2. The van der Waals surface area contributed by atoms with E-state index in [0.29, 0.717) is 55.5 Å². The highest BCUT2D eigenvalue weighted by Crippen LogP contribution is 2.32. The average molecular weight is 576 g/mol. The van der Waals surface area contributed by atoms with E-state index in [2.05, 4.69) is 27.2 Å². The molecular formula is C27H29N9O4S. The standard InChI is InChI=1S/C27H29N9O4S/c1-3-19-22(33-6-8-34(9-7-33)25(39)21-23(38)15(2)29-14-30-21)26(40)36-27(35(19)11-20(28)37)31-24(32-36)16-4-5-17-12-41-13-18(17)10-16/h4-5,10,14,38H,3,6-9,11-13H2,1-2H3,(H2,28,37). The van der Waals surface area contributed by atoms with E-state index in [1.54, 1.807) is 16.4 Å². The summed E-state index contributed by atoms with van der Waals surface area (Å²) in [7, 11) is 0. The van der Waals surface area contributed by atoms with Crippen LogP contribution in [0.1, 0.15) is 39.9 Å². The van der Waals surface area contributed by atoms with Gasteiger partial charge in [0.25, 0.3) is 11.5 Å². The normalized spacial score (nSPS) is 15.0. The second-order valence-corrected chi connectivity index (χ2v) is 11.1. The maximum absolute atomic E-state index is 14.0. The fraction of sp³-hybridized carbons (Fsp3) is 0.370. The van der Waals surface area contributed by atoms with E-state index in [9.17, 15) is 19.5 Å². The molecule has 4 aromatic rings. The summed E-state index contributed by atoms with van der Waals surface area (Å²) in [5, 5.41) is 14.9. The fourth-order valence-electron chi connectivity index (χ4n) is 5.42. The zero-order chi connectivity index (χ0) is 28.8. The monoisotopic (exact) mass is 575 g/mol. The molecule has 1 saturated heterocycles. The van der Waals surface area contributed by atoms with Crippen molar-refractivity contribution in [2.45, 2.75) is 38.3 Å². The number of piperazine rings is 1. The Kier molecular flexibility index (Phi) is 6.85. The number of hydrogen-bond donors (Lipinski definition) is 2. The van der Waals surface area contributed by atoms with Crippen LogP contribution in [0.5, 0.6) is 5.75 Å². The van der Waals surface area contributed by atoms with E-state index in [1.807, 2.05) is 29.7 Å². The molecule has 3 aromatic heterocycles. The molecule has 5 heterocycles. The molecule has 0 radical (unpaired) electrons. The fourth-order valence-corrected chi connectivity index (χ4v) is 6.52. The Bertz CT molecular complexity index is 1760. The first-order valence-corrected chi connectivity index (χ1v) is 14.5. The number of nitrogens with zero attached hydrogens (tertiary/aromatic N) is 8. The first-order valence-electron chi connectivity index (χ1n) is 13.3. The summed E-state index contributed by atoms with van der Waals surface area (Å²) in [5.74, 6) is 1.33. The third kappa shape index (κ3) is 4.67. The van der Waals surface area contributed by atoms with Gasteiger partial charge in [0.1, 0.15) is 18.6 Å². The van der Waals surface area contributed by atoms with Crippen molar-refractivity contribution in [2.75, 3.05) is 31.1 Å². The Morgan fingerprint density at radius 2 is 1.85 bits per heavy atom. The largest absolute Gasteiger partial charge is 0.504 e. The third-order valence-corrected chi connectivity index (χ3v) is 8.58. The second kappa shape index (κ2) is 10.5. The number of nitrogens with two attached hydrogens (primary N) is 1. The Hall–Kier alpha value is -4.46. The average Bonchev–Trinajstić information content (AvgIpc) is 3.63. The number of benzene rings is 1. The number of rotatable bonds is 6. The molecule has 14 heteroatoms. The lowest BCUT2D eigenvalue weighted by Crippen LogP contribution is -2.51. The second-order valence-electron chi connectivity index (χ2n) is 10.1. The van der Waals surface area contributed by atoms with Gasteiger partial charge >= 0.3 is 0 Å². The van der Waals surface area contributed by atoms with Crippen LogP contribution < -0.4 is 16.2 Å². The number of aromatic nitrogens is 6. The van der Waals surface area contributed by atoms with E-state index in [0.717, 1.165) is 17.1 Å². The van der Waals surface area contributed by atoms with Gasteiger partial charge in [0, 0.05) is 43.2 Å². The van der Waals surface area contributed by atoms with Crippen molar-refractivity contribution in [2.24, 2.45) is 5.73 Å². The van der Waals surface area contributed by atoms with Crippen LogP contribution in [0.3, 0.4) is 0 Å². The molecule has 41 heavy (non-hydrogen) atoms. The Balaban J connectivity index is 1.37. The van der Waals surface area contributed by atoms with Gasteiger partial charge < -0.3 is 25.2 Å². The molecule has 0 spiro atoms. The van der Waals surface area contributed by atoms with E-state index >= 15 is 0 Å². The number of aromatic hydroxyl groups is 1. The van der Waals surface area contributed by atoms with Gasteiger partial charge in [0.15, 0.2) is 17.3 Å². The van der Waals surface area contributed by atoms with Crippen LogP contribution in [-0.2, 0) is 29.3 Å². The van der Waals surface area contributed by atoms with Crippen molar-refractivity contribution in [1.29, 1.82) is 0 Å². The number of aryl methyl sites for hydroxylation is 1. The summed E-state index contributed by atoms with van der Waals surface area (Å²) >= 11 is 1.85. The van der Waals surface area contributed by atoms with Crippen molar-refractivity contribution in [3.8, 4) is 17.1 Å². The first-order chi connectivity index (χ1) is 19.8. The van der Waals surface area contributed by atoms with Crippen LogP contribution >= 0.6 is 11.8 Å². The molecular weight excluding hydrogens is 546 g/mol. The van der Waals surface area contributed by atoms with Crippen LogP contribution in [0.15, 0.2) is 29.3 Å². The van der Waals surface area contributed by atoms with Crippen LogP contribution in [0.25, 0.3) is 17.2 Å². The Morgan fingerprint density at radius 3 is 2.59 bits per heavy atom. The van der Waals surface area contributed by atoms with Gasteiger partial charge in [-0.05, 0) is 30.5 Å². The zero-order valence-corrected chi connectivity index (χ0v) is 23.5. The van der Waals surface area contributed by atoms with Gasteiger partial charge in [-0.1, -0.05) is 19.1 Å². The molecule has 0 aliphatic carbocycles. The maximum atomic E-state index is 14.0. The number of amides is 2. The number of primary amides is 1. The highest BCUT2D eigenvalue weighted by atomic mass is 32.2. The molecule has 6 rings (SSSR count). The Morgan fingerprint density at radius 1 is 1.10 bits per heavy atom. The summed E-state index contributed by atoms with van der Waals surface area (Å²) in [5.41, 5.74) is 9.89. The first kappa shape index (κ1) is 26.7. The third-order valence-electron chi connectivity index (χ3n) is 7.54. The number of carbonyl (C=O) groups is 2. The van der Waals surface area contributed by atoms with Crippen LogP contribution in [0, 0.1) is 6.92 Å².